The highest BCUT2D eigenvalue weighted by Crippen LogP contribution is 1.88. The Bertz CT molecular complexity index is 101. The number of amides is 1. The molecule has 0 radical (unpaired) electrons. The van der Waals surface area contributed by atoms with E-state index in [4.69, 9.17) is 5.11 Å². The Morgan fingerprint density at radius 1 is 1.78 bits per heavy atom. The molecule has 0 unspecified atom stereocenters. The normalized spacial score (nSPS) is 12.9. The van der Waals surface area contributed by atoms with Gasteiger partial charge < -0.3 is 10.0 Å². The van der Waals surface area contributed by atoms with Crippen LogP contribution >= 0.6 is 0 Å². The number of likely N-dealkylation sites (N-methyl/N-ethyl adjacent to an activating group) is 1. The summed E-state index contributed by atoms with van der Waals surface area (Å²) >= 11 is 0. The summed E-state index contributed by atoms with van der Waals surface area (Å²) in [5.74, 6) is -0.225. The van der Waals surface area contributed by atoms with Crippen LogP contribution in [0.4, 0.5) is 0 Å². The van der Waals surface area contributed by atoms with E-state index in [9.17, 15) is 4.79 Å². The van der Waals surface area contributed by atoms with Crippen LogP contribution in [-0.2, 0) is 4.79 Å². The van der Waals surface area contributed by atoms with Gasteiger partial charge in [0, 0.05) is 13.6 Å². The lowest BCUT2D eigenvalue weighted by Crippen LogP contribution is -2.34. The Morgan fingerprint density at radius 2 is 2.22 bits per heavy atom. The second-order valence-electron chi connectivity index (χ2n) is 2.03. The Hall–Kier alpha value is -0.570. The number of carbonyl (C=O) groups excluding carboxylic acids is 1. The summed E-state index contributed by atoms with van der Waals surface area (Å²) in [5, 5.41) is 8.73. The lowest BCUT2D eigenvalue weighted by atomic mass is 10.3. The van der Waals surface area contributed by atoms with Crippen LogP contribution in [0.25, 0.3) is 0 Å². The van der Waals surface area contributed by atoms with E-state index in [-0.39, 0.29) is 5.91 Å². The monoisotopic (exact) mass is 131 g/mol. The summed E-state index contributed by atoms with van der Waals surface area (Å²) in [5.41, 5.74) is 0. The van der Waals surface area contributed by atoms with Crippen LogP contribution in [0.2, 0.25) is 0 Å². The average molecular weight is 131 g/mol. The summed E-state index contributed by atoms with van der Waals surface area (Å²) in [7, 11) is 1.66. The van der Waals surface area contributed by atoms with Gasteiger partial charge in [-0.25, -0.2) is 0 Å². The van der Waals surface area contributed by atoms with Crippen molar-refractivity contribution in [3.63, 3.8) is 0 Å². The van der Waals surface area contributed by atoms with Crippen molar-refractivity contribution < 1.29 is 9.90 Å². The molecule has 3 nitrogen and oxygen atoms in total. The average Bonchev–Trinajstić information content (AvgIpc) is 1.84. The fourth-order valence-corrected chi connectivity index (χ4v) is 0.475. The zero-order valence-corrected chi connectivity index (χ0v) is 6.09. The summed E-state index contributed by atoms with van der Waals surface area (Å²) in [6.45, 7) is 3.97. The van der Waals surface area contributed by atoms with Crippen molar-refractivity contribution >= 4 is 5.91 Å². The third kappa shape index (κ3) is 2.46. The van der Waals surface area contributed by atoms with Crippen molar-refractivity contribution in [3.8, 4) is 0 Å². The first-order chi connectivity index (χ1) is 4.09. The molecule has 1 N–H and O–H groups in total. The fourth-order valence-electron chi connectivity index (χ4n) is 0.475. The summed E-state index contributed by atoms with van der Waals surface area (Å²) < 4.78 is 0. The van der Waals surface area contributed by atoms with Gasteiger partial charge in [0.1, 0.15) is 6.10 Å². The lowest BCUT2D eigenvalue weighted by Gasteiger charge is -2.15. The third-order valence-electron chi connectivity index (χ3n) is 1.21. The van der Waals surface area contributed by atoms with Gasteiger partial charge in [-0.15, -0.1) is 0 Å². The van der Waals surface area contributed by atoms with Gasteiger partial charge in [-0.05, 0) is 13.8 Å². The topological polar surface area (TPSA) is 40.5 Å². The van der Waals surface area contributed by atoms with Crippen LogP contribution in [0, 0.1) is 0 Å². The minimum Gasteiger partial charge on any atom is -0.384 e. The van der Waals surface area contributed by atoms with Gasteiger partial charge in [0.25, 0.3) is 5.91 Å². The van der Waals surface area contributed by atoms with Gasteiger partial charge in [0.2, 0.25) is 0 Å². The number of hydrogen-bond donors (Lipinski definition) is 1. The molecule has 0 fully saturated rings. The highest BCUT2D eigenvalue weighted by atomic mass is 16.3. The third-order valence-corrected chi connectivity index (χ3v) is 1.21. The first kappa shape index (κ1) is 8.43. The number of nitrogens with zero attached hydrogens (tertiary/aromatic N) is 1. The second kappa shape index (κ2) is 3.45. The Labute approximate surface area is 55.3 Å². The van der Waals surface area contributed by atoms with Crippen LogP contribution in [0.15, 0.2) is 0 Å². The van der Waals surface area contributed by atoms with E-state index in [0.717, 1.165) is 0 Å². The Morgan fingerprint density at radius 3 is 2.33 bits per heavy atom. The molecule has 1 amide bonds. The first-order valence-corrected chi connectivity index (χ1v) is 3.02. The predicted molar refractivity (Wildman–Crippen MR) is 35.0 cm³/mol. The molecule has 0 aromatic heterocycles. The number of rotatable bonds is 2. The maximum atomic E-state index is 10.7. The molecular weight excluding hydrogens is 118 g/mol. The Kier molecular flexibility index (Phi) is 3.24. The molecule has 0 aliphatic rings. The maximum Gasteiger partial charge on any atom is 0.250 e. The molecule has 0 bridgehead atoms. The lowest BCUT2D eigenvalue weighted by molar-refractivity contribution is -0.137. The minimum absolute atomic E-state index is 0.225. The van der Waals surface area contributed by atoms with Gasteiger partial charge in [-0.2, -0.15) is 0 Å². The zero-order chi connectivity index (χ0) is 7.44. The van der Waals surface area contributed by atoms with Crippen molar-refractivity contribution in [2.24, 2.45) is 0 Å². The van der Waals surface area contributed by atoms with E-state index < -0.39 is 6.10 Å². The number of aliphatic hydroxyl groups is 1. The molecule has 9 heavy (non-hydrogen) atoms. The molecule has 0 aromatic carbocycles. The van der Waals surface area contributed by atoms with E-state index in [1.165, 1.54) is 11.8 Å². The summed E-state index contributed by atoms with van der Waals surface area (Å²) in [4.78, 5) is 12.2. The van der Waals surface area contributed by atoms with Crippen LogP contribution in [0.3, 0.4) is 0 Å². The van der Waals surface area contributed by atoms with Crippen molar-refractivity contribution in [2.45, 2.75) is 20.0 Å². The van der Waals surface area contributed by atoms with Crippen LogP contribution in [-0.4, -0.2) is 35.6 Å². The Balaban J connectivity index is 3.73. The SMILES string of the molecule is CCN(C)C(=O)[C@@H](C)O. The van der Waals surface area contributed by atoms with Gasteiger partial charge >= 0.3 is 0 Å². The van der Waals surface area contributed by atoms with Crippen molar-refractivity contribution in [3.05, 3.63) is 0 Å². The molecule has 54 valence electrons. The molecule has 0 saturated heterocycles. The minimum atomic E-state index is -0.866. The van der Waals surface area contributed by atoms with Crippen molar-refractivity contribution in [2.75, 3.05) is 13.6 Å². The quantitative estimate of drug-likeness (QED) is 0.566. The van der Waals surface area contributed by atoms with Crippen molar-refractivity contribution in [1.29, 1.82) is 0 Å². The zero-order valence-electron chi connectivity index (χ0n) is 6.09. The molecule has 3 heteroatoms. The number of hydrogen-bond acceptors (Lipinski definition) is 2. The highest BCUT2D eigenvalue weighted by Gasteiger charge is 2.11. The number of carbonyl (C=O) groups is 1. The van der Waals surface area contributed by atoms with E-state index >= 15 is 0 Å². The van der Waals surface area contributed by atoms with E-state index in [1.807, 2.05) is 6.92 Å². The smallest absolute Gasteiger partial charge is 0.250 e. The van der Waals surface area contributed by atoms with Crippen molar-refractivity contribution in [1.82, 2.24) is 4.90 Å². The largest absolute Gasteiger partial charge is 0.384 e. The highest BCUT2D eigenvalue weighted by molar-refractivity contribution is 5.79. The van der Waals surface area contributed by atoms with Gasteiger partial charge in [0.05, 0.1) is 0 Å². The molecule has 1 atom stereocenters. The van der Waals surface area contributed by atoms with E-state index in [2.05, 4.69) is 0 Å². The standard InChI is InChI=1S/C6H13NO2/c1-4-7(3)6(9)5(2)8/h5,8H,4H2,1-3H3/t5-/m1/s1. The van der Waals surface area contributed by atoms with Crippen LogP contribution < -0.4 is 0 Å². The summed E-state index contributed by atoms with van der Waals surface area (Å²) in [6, 6.07) is 0. The molecule has 0 saturated carbocycles. The van der Waals surface area contributed by atoms with Gasteiger partial charge in [-0.3, -0.25) is 4.79 Å². The molecular formula is C6H13NO2. The van der Waals surface area contributed by atoms with Gasteiger partial charge in [-0.1, -0.05) is 0 Å². The summed E-state index contributed by atoms with van der Waals surface area (Å²) in [6.07, 6.45) is -0.866. The number of aliphatic hydroxyl groups excluding tert-OH is 1. The maximum absolute atomic E-state index is 10.7. The molecule has 0 rings (SSSR count). The van der Waals surface area contributed by atoms with E-state index in [0.29, 0.717) is 6.54 Å². The van der Waals surface area contributed by atoms with E-state index in [1.54, 1.807) is 7.05 Å². The first-order valence-electron chi connectivity index (χ1n) is 3.02. The van der Waals surface area contributed by atoms with Crippen LogP contribution in [0.1, 0.15) is 13.8 Å². The molecule has 0 spiro atoms. The predicted octanol–water partition coefficient (Wildman–Crippen LogP) is -0.155. The fraction of sp³-hybridized carbons (Fsp3) is 0.833. The molecule has 0 heterocycles. The van der Waals surface area contributed by atoms with Gasteiger partial charge in [0.15, 0.2) is 0 Å². The molecule has 0 aromatic rings. The molecule has 0 aliphatic carbocycles. The van der Waals surface area contributed by atoms with Crippen LogP contribution in [0.5, 0.6) is 0 Å². The second-order valence-corrected chi connectivity index (χ2v) is 2.03. The molecule has 0 aliphatic heterocycles.